The highest BCUT2D eigenvalue weighted by Gasteiger charge is 2.10. The summed E-state index contributed by atoms with van der Waals surface area (Å²) < 4.78 is 7.22. The summed E-state index contributed by atoms with van der Waals surface area (Å²) in [6, 6.07) is 17.1. The van der Waals surface area contributed by atoms with Crippen molar-refractivity contribution >= 4 is 0 Å². The van der Waals surface area contributed by atoms with Crippen molar-refractivity contribution in [2.24, 2.45) is 0 Å². The van der Waals surface area contributed by atoms with Gasteiger partial charge in [-0.1, -0.05) is 35.5 Å². The number of aromatic nitrogens is 3. The van der Waals surface area contributed by atoms with Crippen LogP contribution in [0, 0.1) is 0 Å². The molecule has 0 unspecified atom stereocenters. The van der Waals surface area contributed by atoms with Crippen LogP contribution in [0.5, 0.6) is 11.5 Å². The first-order chi connectivity index (χ1) is 9.86. The van der Waals surface area contributed by atoms with Crippen LogP contribution in [-0.2, 0) is 6.73 Å². The Labute approximate surface area is 116 Å². The van der Waals surface area contributed by atoms with Crippen molar-refractivity contribution in [2.45, 2.75) is 6.73 Å². The molecule has 1 N–H and O–H groups in total. The minimum atomic E-state index is -0.200. The van der Waals surface area contributed by atoms with E-state index < -0.39 is 0 Å². The lowest BCUT2D eigenvalue weighted by Gasteiger charge is -2.09. The van der Waals surface area contributed by atoms with Crippen molar-refractivity contribution in [3.8, 4) is 22.8 Å². The molecule has 0 bridgehead atoms. The fraction of sp³-hybridized carbons (Fsp3) is 0.0667. The summed E-state index contributed by atoms with van der Waals surface area (Å²) in [5, 5.41) is 16.9. The molecule has 3 aromatic rings. The van der Waals surface area contributed by atoms with E-state index in [1.54, 1.807) is 6.20 Å². The van der Waals surface area contributed by atoms with Gasteiger partial charge >= 0.3 is 0 Å². The second-order valence-electron chi connectivity index (χ2n) is 4.20. The second-order valence-corrected chi connectivity index (χ2v) is 4.20. The van der Waals surface area contributed by atoms with Crippen LogP contribution in [0.1, 0.15) is 0 Å². The van der Waals surface area contributed by atoms with Crippen molar-refractivity contribution in [1.82, 2.24) is 15.0 Å². The van der Waals surface area contributed by atoms with E-state index >= 15 is 0 Å². The number of benzene rings is 2. The maximum atomic E-state index is 9.03. The smallest absolute Gasteiger partial charge is 0.137 e. The zero-order chi connectivity index (χ0) is 13.8. The van der Waals surface area contributed by atoms with Crippen LogP contribution >= 0.6 is 0 Å². The number of hydrogen-bond donors (Lipinski definition) is 1. The van der Waals surface area contributed by atoms with E-state index in [1.165, 1.54) is 4.68 Å². The summed E-state index contributed by atoms with van der Waals surface area (Å²) in [5.41, 5.74) is 1.49. The van der Waals surface area contributed by atoms with Gasteiger partial charge in [0.15, 0.2) is 0 Å². The van der Waals surface area contributed by atoms with Gasteiger partial charge in [0.05, 0.1) is 6.20 Å². The summed E-state index contributed by atoms with van der Waals surface area (Å²) in [7, 11) is 0. The molecular formula is C15H13N3O2. The Kier molecular flexibility index (Phi) is 3.43. The third-order valence-corrected chi connectivity index (χ3v) is 2.82. The van der Waals surface area contributed by atoms with E-state index in [9.17, 15) is 0 Å². The zero-order valence-electron chi connectivity index (χ0n) is 10.7. The van der Waals surface area contributed by atoms with E-state index in [0.29, 0.717) is 11.4 Å². The highest BCUT2D eigenvalue weighted by molar-refractivity contribution is 5.66. The van der Waals surface area contributed by atoms with Gasteiger partial charge in [0.25, 0.3) is 0 Å². The van der Waals surface area contributed by atoms with Gasteiger partial charge in [0.2, 0.25) is 0 Å². The monoisotopic (exact) mass is 267 g/mol. The first-order valence-corrected chi connectivity index (χ1v) is 6.20. The van der Waals surface area contributed by atoms with Crippen molar-refractivity contribution in [2.75, 3.05) is 0 Å². The lowest BCUT2D eigenvalue weighted by molar-refractivity contribution is 0.192. The summed E-state index contributed by atoms with van der Waals surface area (Å²) in [6.07, 6.45) is 1.67. The molecule has 0 fully saturated rings. The quantitative estimate of drug-likeness (QED) is 0.789. The molecule has 0 aliphatic carbocycles. The van der Waals surface area contributed by atoms with Gasteiger partial charge in [-0.25, -0.2) is 4.68 Å². The van der Waals surface area contributed by atoms with Crippen molar-refractivity contribution in [3.05, 3.63) is 60.8 Å². The second kappa shape index (κ2) is 5.54. The molecule has 20 heavy (non-hydrogen) atoms. The van der Waals surface area contributed by atoms with Crippen molar-refractivity contribution in [1.29, 1.82) is 0 Å². The van der Waals surface area contributed by atoms with Gasteiger partial charge in [-0.05, 0) is 24.3 Å². The van der Waals surface area contributed by atoms with Crippen molar-refractivity contribution in [3.63, 3.8) is 0 Å². The average molecular weight is 267 g/mol. The number of nitrogens with zero attached hydrogens (tertiary/aromatic N) is 3. The molecule has 5 nitrogen and oxygen atoms in total. The Hall–Kier alpha value is -2.66. The van der Waals surface area contributed by atoms with Crippen LogP contribution < -0.4 is 4.74 Å². The number of para-hydroxylation sites is 2. The molecule has 0 aliphatic rings. The van der Waals surface area contributed by atoms with Gasteiger partial charge in [-0.2, -0.15) is 0 Å². The van der Waals surface area contributed by atoms with Gasteiger partial charge in [-0.3, -0.25) is 0 Å². The Bertz CT molecular complexity index is 695. The lowest BCUT2D eigenvalue weighted by atomic mass is 10.1. The molecule has 1 aromatic heterocycles. The summed E-state index contributed by atoms with van der Waals surface area (Å²) >= 11 is 0. The van der Waals surface area contributed by atoms with E-state index in [1.807, 2.05) is 54.6 Å². The number of hydrogen-bond acceptors (Lipinski definition) is 4. The summed E-state index contributed by atoms with van der Waals surface area (Å²) in [4.78, 5) is 0. The minimum Gasteiger partial charge on any atom is -0.457 e. The third kappa shape index (κ3) is 2.53. The van der Waals surface area contributed by atoms with Crippen molar-refractivity contribution < 1.29 is 9.84 Å². The molecule has 3 rings (SSSR count). The maximum absolute atomic E-state index is 9.03. The maximum Gasteiger partial charge on any atom is 0.137 e. The number of aliphatic hydroxyl groups is 1. The number of ether oxygens (including phenoxy) is 1. The molecule has 5 heteroatoms. The van der Waals surface area contributed by atoms with Crippen LogP contribution in [0.3, 0.4) is 0 Å². The van der Waals surface area contributed by atoms with Crippen LogP contribution in [0.25, 0.3) is 11.3 Å². The lowest BCUT2D eigenvalue weighted by Crippen LogP contribution is -1.95. The molecule has 0 saturated carbocycles. The third-order valence-electron chi connectivity index (χ3n) is 2.82. The Morgan fingerprint density at radius 1 is 1.00 bits per heavy atom. The minimum absolute atomic E-state index is 0.200. The highest BCUT2D eigenvalue weighted by atomic mass is 16.5. The molecular weight excluding hydrogens is 254 g/mol. The summed E-state index contributed by atoms with van der Waals surface area (Å²) in [5.74, 6) is 1.46. The predicted octanol–water partition coefficient (Wildman–Crippen LogP) is 2.69. The fourth-order valence-corrected chi connectivity index (χ4v) is 1.87. The largest absolute Gasteiger partial charge is 0.457 e. The first-order valence-electron chi connectivity index (χ1n) is 6.20. The first kappa shape index (κ1) is 12.4. The Morgan fingerprint density at radius 2 is 1.75 bits per heavy atom. The molecule has 1 heterocycles. The standard InChI is InChI=1S/C15H13N3O2/c19-11-18-10-14(16-17-18)13-8-4-5-9-15(13)20-12-6-2-1-3-7-12/h1-10,19H,11H2. The van der Waals surface area contributed by atoms with E-state index in [-0.39, 0.29) is 6.73 Å². The molecule has 100 valence electrons. The van der Waals surface area contributed by atoms with Gasteiger partial charge in [0.1, 0.15) is 23.9 Å². The SMILES string of the molecule is OCn1cc(-c2ccccc2Oc2ccccc2)nn1. The van der Waals surface area contributed by atoms with Crippen LogP contribution in [0.2, 0.25) is 0 Å². The topological polar surface area (TPSA) is 60.2 Å². The fourth-order valence-electron chi connectivity index (χ4n) is 1.87. The highest BCUT2D eigenvalue weighted by Crippen LogP contribution is 2.31. The summed E-state index contributed by atoms with van der Waals surface area (Å²) in [6.45, 7) is -0.200. The normalized spacial score (nSPS) is 10.4. The average Bonchev–Trinajstić information content (AvgIpc) is 2.98. The van der Waals surface area contributed by atoms with E-state index in [2.05, 4.69) is 10.3 Å². The molecule has 0 radical (unpaired) electrons. The zero-order valence-corrected chi connectivity index (χ0v) is 10.7. The molecule has 0 spiro atoms. The number of rotatable bonds is 4. The van der Waals surface area contributed by atoms with Crippen LogP contribution in [0.4, 0.5) is 0 Å². The molecule has 2 aromatic carbocycles. The van der Waals surface area contributed by atoms with E-state index in [4.69, 9.17) is 9.84 Å². The van der Waals surface area contributed by atoms with Crippen LogP contribution in [0.15, 0.2) is 60.8 Å². The van der Waals surface area contributed by atoms with Gasteiger partial charge in [0, 0.05) is 5.56 Å². The molecule has 0 amide bonds. The van der Waals surface area contributed by atoms with E-state index in [0.717, 1.165) is 11.3 Å². The predicted molar refractivity (Wildman–Crippen MR) is 74.2 cm³/mol. The Balaban J connectivity index is 1.96. The molecule has 0 aliphatic heterocycles. The van der Waals surface area contributed by atoms with Gasteiger partial charge in [-0.15, -0.1) is 5.10 Å². The molecule has 0 saturated heterocycles. The van der Waals surface area contributed by atoms with Gasteiger partial charge < -0.3 is 9.84 Å². The number of aliphatic hydroxyl groups excluding tert-OH is 1. The van der Waals surface area contributed by atoms with Crippen LogP contribution in [-0.4, -0.2) is 20.1 Å². The Morgan fingerprint density at radius 3 is 2.50 bits per heavy atom. The molecule has 0 atom stereocenters.